The van der Waals surface area contributed by atoms with Gasteiger partial charge < -0.3 is 0 Å². The quantitative estimate of drug-likeness (QED) is 0.379. The molecule has 0 aliphatic rings. The van der Waals surface area contributed by atoms with Crippen molar-refractivity contribution >= 4 is 8.58 Å². The molecule has 0 spiro atoms. The fourth-order valence-electron chi connectivity index (χ4n) is 0.302. The van der Waals surface area contributed by atoms with Gasteiger partial charge in [-0.15, -0.1) is 8.58 Å². The van der Waals surface area contributed by atoms with E-state index in [1.807, 2.05) is 0 Å². The van der Waals surface area contributed by atoms with Gasteiger partial charge in [-0.3, -0.25) is 0 Å². The van der Waals surface area contributed by atoms with Gasteiger partial charge in [-0.25, -0.2) is 0 Å². The Kier molecular flexibility index (Phi) is 5.82. The smallest absolute Gasteiger partial charge is 0.0316 e. The van der Waals surface area contributed by atoms with Gasteiger partial charge in [-0.05, 0) is 19.2 Å². The normalized spacial score (nSPS) is 11.0. The molecule has 0 N–H and O–H groups in total. The summed E-state index contributed by atoms with van der Waals surface area (Å²) in [7, 11) is 0.915. The Morgan fingerprint density at radius 2 is 2.33 bits per heavy atom. The Hall–Kier alpha value is 0.430. The molecule has 0 heterocycles. The molecule has 0 aromatic heterocycles. The maximum Gasteiger partial charge on any atom is -0.0316 e. The molecule has 0 rings (SSSR count). The molecule has 0 nitrogen and oxygen atoms in total. The molecule has 0 aromatic rings. The summed E-state index contributed by atoms with van der Waals surface area (Å²) in [6.07, 6.45) is 4.01. The van der Waals surface area contributed by atoms with Crippen LogP contribution in [-0.4, -0.2) is 6.16 Å². The van der Waals surface area contributed by atoms with Crippen molar-refractivity contribution in [3.8, 4) is 0 Å². The molecule has 0 saturated carbocycles. The molecule has 1 unspecified atom stereocenters. The van der Waals surface area contributed by atoms with Crippen LogP contribution in [0, 0.1) is 6.66 Å². The zero-order valence-corrected chi connectivity index (χ0v) is 5.33. The van der Waals surface area contributed by atoms with Crippen molar-refractivity contribution in [2.24, 2.45) is 0 Å². The summed E-state index contributed by atoms with van der Waals surface area (Å²) in [5, 5.41) is 0. The van der Waals surface area contributed by atoms with Gasteiger partial charge in [-0.2, -0.15) is 0 Å². The Morgan fingerprint density at radius 3 is 2.50 bits per heavy atom. The Balaban J connectivity index is 2.34. The largest absolute Gasteiger partial charge is 0.122 e. The third kappa shape index (κ3) is 4.43. The van der Waals surface area contributed by atoms with E-state index in [4.69, 9.17) is 0 Å². The van der Waals surface area contributed by atoms with Crippen molar-refractivity contribution < 1.29 is 0 Å². The fraction of sp³-hybridized carbons (Fsp3) is 0.800. The SMILES string of the molecule is [CH2]PCCCC. The second-order valence-corrected chi connectivity index (χ2v) is 2.35. The van der Waals surface area contributed by atoms with Crippen LogP contribution in [0.4, 0.5) is 0 Å². The van der Waals surface area contributed by atoms with Crippen LogP contribution in [0.3, 0.4) is 0 Å². The van der Waals surface area contributed by atoms with Crippen molar-refractivity contribution in [2.75, 3.05) is 6.16 Å². The van der Waals surface area contributed by atoms with Gasteiger partial charge in [0.15, 0.2) is 0 Å². The highest BCUT2D eigenvalue weighted by Gasteiger charge is 1.75. The molecule has 0 bridgehead atoms. The molecule has 0 aromatic carbocycles. The first kappa shape index (κ1) is 6.43. The Morgan fingerprint density at radius 1 is 1.67 bits per heavy atom. The highest BCUT2D eigenvalue weighted by atomic mass is 31.1. The maximum atomic E-state index is 3.75. The van der Waals surface area contributed by atoms with Crippen LogP contribution in [0.2, 0.25) is 0 Å². The molecular weight excluding hydrogens is 91.0 g/mol. The summed E-state index contributed by atoms with van der Waals surface area (Å²) in [6, 6.07) is 0. The number of rotatable bonds is 3. The molecule has 0 aliphatic heterocycles. The first-order valence-corrected chi connectivity index (χ1v) is 3.83. The van der Waals surface area contributed by atoms with Crippen LogP contribution in [-0.2, 0) is 0 Å². The first-order chi connectivity index (χ1) is 2.91. The second-order valence-electron chi connectivity index (χ2n) is 1.35. The zero-order valence-electron chi connectivity index (χ0n) is 4.33. The molecule has 0 amide bonds. The van der Waals surface area contributed by atoms with E-state index in [1.165, 1.54) is 19.0 Å². The zero-order chi connectivity index (χ0) is 4.83. The van der Waals surface area contributed by atoms with Crippen LogP contribution < -0.4 is 0 Å². The summed E-state index contributed by atoms with van der Waals surface area (Å²) < 4.78 is 0. The minimum absolute atomic E-state index is 0.915. The van der Waals surface area contributed by atoms with Crippen molar-refractivity contribution in [1.29, 1.82) is 0 Å². The average Bonchev–Trinajstić information content (AvgIpc) is 1.61. The van der Waals surface area contributed by atoms with Crippen LogP contribution >= 0.6 is 8.58 Å². The van der Waals surface area contributed by atoms with Crippen LogP contribution in [0.25, 0.3) is 0 Å². The van der Waals surface area contributed by atoms with Crippen molar-refractivity contribution in [3.05, 3.63) is 6.66 Å². The van der Waals surface area contributed by atoms with Gasteiger partial charge >= 0.3 is 0 Å². The van der Waals surface area contributed by atoms with Crippen molar-refractivity contribution in [2.45, 2.75) is 19.8 Å². The van der Waals surface area contributed by atoms with Crippen LogP contribution in [0.5, 0.6) is 0 Å². The molecule has 0 fully saturated rings. The highest BCUT2D eigenvalue weighted by molar-refractivity contribution is 7.39. The molecule has 37 valence electrons. The van der Waals surface area contributed by atoms with E-state index < -0.39 is 0 Å². The minimum atomic E-state index is 0.915. The van der Waals surface area contributed by atoms with Crippen molar-refractivity contribution in [1.82, 2.24) is 0 Å². The van der Waals surface area contributed by atoms with Gasteiger partial charge in [0.2, 0.25) is 0 Å². The van der Waals surface area contributed by atoms with Crippen molar-refractivity contribution in [3.63, 3.8) is 0 Å². The summed E-state index contributed by atoms with van der Waals surface area (Å²) in [5.41, 5.74) is 0. The summed E-state index contributed by atoms with van der Waals surface area (Å²) in [5.74, 6) is 0. The van der Waals surface area contributed by atoms with Gasteiger partial charge in [-0.1, -0.05) is 13.3 Å². The lowest BCUT2D eigenvalue weighted by molar-refractivity contribution is 0.895. The average molecular weight is 103 g/mol. The molecule has 0 saturated heterocycles. The van der Waals surface area contributed by atoms with E-state index >= 15 is 0 Å². The number of hydrogen-bond acceptors (Lipinski definition) is 0. The highest BCUT2D eigenvalue weighted by Crippen LogP contribution is 2.07. The van der Waals surface area contributed by atoms with Crippen LogP contribution in [0.15, 0.2) is 0 Å². The van der Waals surface area contributed by atoms with Gasteiger partial charge in [0.05, 0.1) is 0 Å². The lowest BCUT2D eigenvalue weighted by Crippen LogP contribution is -1.68. The van der Waals surface area contributed by atoms with E-state index in [9.17, 15) is 0 Å². The van der Waals surface area contributed by atoms with E-state index in [-0.39, 0.29) is 0 Å². The Bertz CT molecular complexity index is 15.9. The standard InChI is InChI=1S/C5H12P/c1-3-4-5-6-2/h6H,2-5H2,1H3. The summed E-state index contributed by atoms with van der Waals surface area (Å²) >= 11 is 0. The van der Waals surface area contributed by atoms with Gasteiger partial charge in [0, 0.05) is 0 Å². The first-order valence-electron chi connectivity index (χ1n) is 2.41. The molecule has 1 atom stereocenters. The lowest BCUT2D eigenvalue weighted by Gasteiger charge is -1.86. The predicted octanol–water partition coefficient (Wildman–Crippen LogP) is 2.26. The molecule has 1 radical (unpaired) electrons. The fourth-order valence-corrected chi connectivity index (χ4v) is 0.905. The predicted molar refractivity (Wildman–Crippen MR) is 33.4 cm³/mol. The van der Waals surface area contributed by atoms with E-state index in [0.717, 1.165) is 8.58 Å². The van der Waals surface area contributed by atoms with Gasteiger partial charge in [0.25, 0.3) is 0 Å². The van der Waals surface area contributed by atoms with E-state index in [1.54, 1.807) is 0 Å². The maximum absolute atomic E-state index is 3.75. The third-order valence-corrected chi connectivity index (χ3v) is 1.41. The Labute approximate surface area is 42.1 Å². The summed E-state index contributed by atoms with van der Waals surface area (Å²) in [4.78, 5) is 0. The third-order valence-electron chi connectivity index (χ3n) is 0.707. The molecule has 6 heavy (non-hydrogen) atoms. The van der Waals surface area contributed by atoms with E-state index in [0.29, 0.717) is 0 Å². The molecule has 1 heteroatoms. The number of hydrogen-bond donors (Lipinski definition) is 0. The lowest BCUT2D eigenvalue weighted by atomic mass is 10.4. The molecular formula is C5H12P. The van der Waals surface area contributed by atoms with Crippen LogP contribution in [0.1, 0.15) is 19.8 Å². The number of unbranched alkanes of at least 4 members (excludes halogenated alkanes) is 1. The minimum Gasteiger partial charge on any atom is -0.122 e. The monoisotopic (exact) mass is 103 g/mol. The van der Waals surface area contributed by atoms with E-state index in [2.05, 4.69) is 13.6 Å². The topological polar surface area (TPSA) is 0 Å². The molecule has 0 aliphatic carbocycles. The second kappa shape index (κ2) is 5.43. The summed E-state index contributed by atoms with van der Waals surface area (Å²) in [6.45, 7) is 5.96. The van der Waals surface area contributed by atoms with Gasteiger partial charge in [0.1, 0.15) is 0 Å².